The lowest BCUT2D eigenvalue weighted by Gasteiger charge is -2.35. The molecule has 2 fully saturated rings. The Morgan fingerprint density at radius 3 is 2.57 bits per heavy atom. The zero-order chi connectivity index (χ0) is 24.0. The van der Waals surface area contributed by atoms with Crippen LogP contribution in [0.4, 0.5) is 17.3 Å². The van der Waals surface area contributed by atoms with E-state index in [4.69, 9.17) is 9.84 Å². The second-order valence-electron chi connectivity index (χ2n) is 9.07. The number of aromatic nitrogens is 2. The fourth-order valence-corrected chi connectivity index (χ4v) is 4.23. The molecule has 1 saturated heterocycles. The highest BCUT2D eigenvalue weighted by molar-refractivity contribution is 5.66. The summed E-state index contributed by atoms with van der Waals surface area (Å²) in [6.07, 6.45) is 4.14. The Balaban J connectivity index is 1.23. The maximum Gasteiger partial charge on any atom is 0.227 e. The van der Waals surface area contributed by atoms with E-state index in [0.717, 1.165) is 49.7 Å². The quantitative estimate of drug-likeness (QED) is 0.489. The Labute approximate surface area is 205 Å². The predicted molar refractivity (Wildman–Crippen MR) is 136 cm³/mol. The lowest BCUT2D eigenvalue weighted by Crippen LogP contribution is -2.47. The Kier molecular flexibility index (Phi) is 7.07. The van der Waals surface area contributed by atoms with Crippen molar-refractivity contribution in [1.82, 2.24) is 14.9 Å². The largest absolute Gasteiger partial charge is 0.492 e. The standard InChI is InChI=1S/C27H30N6O2/c28-18-22-17-21(3-8-26(22)35-19-20-1-2-20)25-9-10-29-27(31-25)30-23-4-6-24(7-5-23)33-13-11-32(12-14-33)15-16-34/h3-10,17,20,34H,1-2,11-16,19H2,(H,29,30,31). The molecule has 2 aliphatic rings. The van der Waals surface area contributed by atoms with Gasteiger partial charge in [-0.05, 0) is 67.3 Å². The first kappa shape index (κ1) is 23.1. The number of hydrogen-bond donors (Lipinski definition) is 2. The molecule has 8 heteroatoms. The van der Waals surface area contributed by atoms with Crippen molar-refractivity contribution < 1.29 is 9.84 Å². The maximum absolute atomic E-state index is 9.58. The average molecular weight is 471 g/mol. The van der Waals surface area contributed by atoms with Gasteiger partial charge in [-0.3, -0.25) is 4.90 Å². The number of β-amino-alcohol motifs (C(OH)–C–C–N with tert-alkyl or cyclic N) is 1. The molecule has 1 aromatic heterocycles. The first-order valence-corrected chi connectivity index (χ1v) is 12.2. The average Bonchev–Trinajstić information content (AvgIpc) is 3.73. The van der Waals surface area contributed by atoms with Crippen molar-refractivity contribution >= 4 is 17.3 Å². The van der Waals surface area contributed by atoms with Gasteiger partial charge in [0, 0.05) is 55.9 Å². The number of aliphatic hydroxyl groups is 1. The molecule has 3 aromatic rings. The molecule has 35 heavy (non-hydrogen) atoms. The van der Waals surface area contributed by atoms with Crippen molar-refractivity contribution in [2.75, 3.05) is 56.2 Å². The zero-order valence-corrected chi connectivity index (χ0v) is 19.7. The third-order valence-corrected chi connectivity index (χ3v) is 6.50. The summed E-state index contributed by atoms with van der Waals surface area (Å²) >= 11 is 0. The summed E-state index contributed by atoms with van der Waals surface area (Å²) in [4.78, 5) is 13.7. The van der Waals surface area contributed by atoms with Crippen LogP contribution in [0.1, 0.15) is 18.4 Å². The molecule has 2 heterocycles. The second-order valence-corrected chi connectivity index (χ2v) is 9.07. The van der Waals surface area contributed by atoms with E-state index < -0.39 is 0 Å². The molecular weight excluding hydrogens is 440 g/mol. The van der Waals surface area contributed by atoms with Gasteiger partial charge in [-0.1, -0.05) is 0 Å². The molecule has 0 spiro atoms. The summed E-state index contributed by atoms with van der Waals surface area (Å²) in [5.41, 5.74) is 4.20. The molecular formula is C27H30N6O2. The van der Waals surface area contributed by atoms with E-state index in [0.29, 0.717) is 29.8 Å². The van der Waals surface area contributed by atoms with Crippen LogP contribution in [0.5, 0.6) is 5.75 Å². The Morgan fingerprint density at radius 2 is 1.86 bits per heavy atom. The lowest BCUT2D eigenvalue weighted by atomic mass is 10.1. The topological polar surface area (TPSA) is 97.5 Å². The van der Waals surface area contributed by atoms with Gasteiger partial charge < -0.3 is 20.1 Å². The number of hydrogen-bond acceptors (Lipinski definition) is 8. The van der Waals surface area contributed by atoms with Crippen LogP contribution in [0.15, 0.2) is 54.7 Å². The maximum atomic E-state index is 9.58. The number of anilines is 3. The lowest BCUT2D eigenvalue weighted by molar-refractivity contribution is 0.189. The Hall–Kier alpha value is -3.67. The number of piperazine rings is 1. The number of aliphatic hydroxyl groups excluding tert-OH is 1. The van der Waals surface area contributed by atoms with Gasteiger partial charge in [-0.25, -0.2) is 9.97 Å². The summed E-state index contributed by atoms with van der Waals surface area (Å²) in [7, 11) is 0. The van der Waals surface area contributed by atoms with Crippen molar-refractivity contribution in [2.45, 2.75) is 12.8 Å². The molecule has 0 amide bonds. The van der Waals surface area contributed by atoms with Crippen LogP contribution in [0.3, 0.4) is 0 Å². The molecule has 5 rings (SSSR count). The minimum absolute atomic E-state index is 0.212. The van der Waals surface area contributed by atoms with Crippen molar-refractivity contribution in [3.8, 4) is 23.1 Å². The molecule has 0 bridgehead atoms. The molecule has 1 aliphatic heterocycles. The highest BCUT2D eigenvalue weighted by atomic mass is 16.5. The molecule has 2 N–H and O–H groups in total. The van der Waals surface area contributed by atoms with E-state index in [1.165, 1.54) is 18.5 Å². The summed E-state index contributed by atoms with van der Waals surface area (Å²) in [5, 5.41) is 22.0. The molecule has 0 radical (unpaired) electrons. The fraction of sp³-hybridized carbons (Fsp3) is 0.370. The van der Waals surface area contributed by atoms with Crippen LogP contribution in [-0.4, -0.2) is 65.9 Å². The van der Waals surface area contributed by atoms with E-state index in [9.17, 15) is 5.26 Å². The number of benzene rings is 2. The van der Waals surface area contributed by atoms with Crippen molar-refractivity contribution in [3.63, 3.8) is 0 Å². The van der Waals surface area contributed by atoms with Gasteiger partial charge in [-0.2, -0.15) is 5.26 Å². The monoisotopic (exact) mass is 470 g/mol. The van der Waals surface area contributed by atoms with Crippen LogP contribution in [0.25, 0.3) is 11.3 Å². The number of nitrogens with one attached hydrogen (secondary N) is 1. The summed E-state index contributed by atoms with van der Waals surface area (Å²) in [5.74, 6) is 1.76. The Bertz CT molecular complexity index is 1180. The number of ether oxygens (including phenoxy) is 1. The highest BCUT2D eigenvalue weighted by Crippen LogP contribution is 2.31. The normalized spacial score (nSPS) is 16.1. The van der Waals surface area contributed by atoms with E-state index in [-0.39, 0.29) is 6.61 Å². The molecule has 8 nitrogen and oxygen atoms in total. The molecule has 0 atom stereocenters. The Morgan fingerprint density at radius 1 is 1.06 bits per heavy atom. The first-order valence-electron chi connectivity index (χ1n) is 12.2. The van der Waals surface area contributed by atoms with Crippen LogP contribution in [0, 0.1) is 17.2 Å². The summed E-state index contributed by atoms with van der Waals surface area (Å²) in [6.45, 7) is 5.45. The molecule has 1 aliphatic carbocycles. The number of nitrogens with zero attached hydrogens (tertiary/aromatic N) is 5. The van der Waals surface area contributed by atoms with Gasteiger partial charge in [0.25, 0.3) is 0 Å². The smallest absolute Gasteiger partial charge is 0.227 e. The van der Waals surface area contributed by atoms with Gasteiger partial charge in [0.1, 0.15) is 11.8 Å². The van der Waals surface area contributed by atoms with Gasteiger partial charge in [-0.15, -0.1) is 0 Å². The van der Waals surface area contributed by atoms with Crippen molar-refractivity contribution in [1.29, 1.82) is 5.26 Å². The SMILES string of the molecule is N#Cc1cc(-c2ccnc(Nc3ccc(N4CCN(CCO)CC4)cc3)n2)ccc1OCC1CC1. The molecule has 180 valence electrons. The van der Waals surface area contributed by atoms with Crippen LogP contribution >= 0.6 is 0 Å². The van der Waals surface area contributed by atoms with Crippen LogP contribution < -0.4 is 15.0 Å². The third kappa shape index (κ3) is 5.88. The van der Waals surface area contributed by atoms with Crippen molar-refractivity contribution in [3.05, 3.63) is 60.3 Å². The molecule has 0 unspecified atom stereocenters. The fourth-order valence-electron chi connectivity index (χ4n) is 4.23. The van der Waals surface area contributed by atoms with E-state index in [2.05, 4.69) is 43.3 Å². The van der Waals surface area contributed by atoms with Gasteiger partial charge in [0.05, 0.1) is 24.5 Å². The summed E-state index contributed by atoms with van der Waals surface area (Å²) < 4.78 is 5.83. The van der Waals surface area contributed by atoms with Gasteiger partial charge >= 0.3 is 0 Å². The summed E-state index contributed by atoms with van der Waals surface area (Å²) in [6, 6.07) is 18.0. The number of nitriles is 1. The first-order chi connectivity index (χ1) is 17.2. The second kappa shape index (κ2) is 10.7. The predicted octanol–water partition coefficient (Wildman–Crippen LogP) is 3.66. The molecule has 1 saturated carbocycles. The van der Waals surface area contributed by atoms with E-state index >= 15 is 0 Å². The minimum atomic E-state index is 0.212. The van der Waals surface area contributed by atoms with Crippen LogP contribution in [-0.2, 0) is 0 Å². The van der Waals surface area contributed by atoms with Crippen molar-refractivity contribution in [2.24, 2.45) is 5.92 Å². The van der Waals surface area contributed by atoms with E-state index in [1.807, 2.05) is 36.4 Å². The third-order valence-electron chi connectivity index (χ3n) is 6.50. The van der Waals surface area contributed by atoms with E-state index in [1.54, 1.807) is 6.20 Å². The zero-order valence-electron chi connectivity index (χ0n) is 19.7. The highest BCUT2D eigenvalue weighted by Gasteiger charge is 2.22. The van der Waals surface area contributed by atoms with Gasteiger partial charge in [0.2, 0.25) is 5.95 Å². The van der Waals surface area contributed by atoms with Crippen LogP contribution in [0.2, 0.25) is 0 Å². The molecule has 2 aromatic carbocycles. The minimum Gasteiger partial charge on any atom is -0.492 e. The van der Waals surface area contributed by atoms with Gasteiger partial charge in [0.15, 0.2) is 0 Å². The number of rotatable bonds is 9.